The summed E-state index contributed by atoms with van der Waals surface area (Å²) in [4.78, 5) is 15.8. The molecule has 14 heavy (non-hydrogen) atoms. The Balaban J connectivity index is 2.24. The van der Waals surface area contributed by atoms with E-state index in [-0.39, 0.29) is 0 Å². The fraction of sp³-hybridized carbons (Fsp3) is 0.909. The molecule has 1 heterocycles. The maximum Gasteiger partial charge on any atom is 0.237 e. The van der Waals surface area contributed by atoms with Crippen LogP contribution in [0.25, 0.3) is 0 Å². The summed E-state index contributed by atoms with van der Waals surface area (Å²) in [6.45, 7) is 7.87. The quantitative estimate of drug-likeness (QED) is 0.648. The summed E-state index contributed by atoms with van der Waals surface area (Å²) in [6.07, 6.45) is 4.71. The zero-order valence-electron chi connectivity index (χ0n) is 9.46. The van der Waals surface area contributed by atoms with Gasteiger partial charge in [-0.3, -0.25) is 9.69 Å². The van der Waals surface area contributed by atoms with E-state index in [9.17, 15) is 4.79 Å². The van der Waals surface area contributed by atoms with Crippen molar-refractivity contribution in [3.63, 3.8) is 0 Å². The molecule has 3 nitrogen and oxygen atoms in total. The van der Waals surface area contributed by atoms with Crippen LogP contribution >= 0.6 is 0 Å². The highest BCUT2D eigenvalue weighted by Gasteiger charge is 2.25. The SMILES string of the molecule is CCCCN1CC(=O)N(CCCC)C1. The van der Waals surface area contributed by atoms with Crippen LogP contribution in [0.2, 0.25) is 0 Å². The van der Waals surface area contributed by atoms with Crippen molar-refractivity contribution in [1.82, 2.24) is 9.80 Å². The van der Waals surface area contributed by atoms with Crippen molar-refractivity contribution in [3.8, 4) is 0 Å². The van der Waals surface area contributed by atoms with E-state index in [2.05, 4.69) is 18.7 Å². The van der Waals surface area contributed by atoms with E-state index in [0.717, 1.165) is 26.2 Å². The Kier molecular flexibility index (Phi) is 4.94. The summed E-state index contributed by atoms with van der Waals surface area (Å²) in [5.41, 5.74) is 0. The Morgan fingerprint density at radius 1 is 1.14 bits per heavy atom. The summed E-state index contributed by atoms with van der Waals surface area (Å²) in [5, 5.41) is 0. The molecule has 0 aromatic heterocycles. The monoisotopic (exact) mass is 198 g/mol. The van der Waals surface area contributed by atoms with Crippen molar-refractivity contribution in [2.45, 2.75) is 39.5 Å². The fourth-order valence-corrected chi connectivity index (χ4v) is 1.74. The minimum absolute atomic E-state index is 0.314. The molecule has 0 aromatic rings. The first-order chi connectivity index (χ1) is 6.77. The molecule has 1 aliphatic rings. The molecule has 1 fully saturated rings. The van der Waals surface area contributed by atoms with Gasteiger partial charge in [0.2, 0.25) is 5.91 Å². The zero-order valence-corrected chi connectivity index (χ0v) is 9.46. The molecular formula is C11H22N2O. The standard InChI is InChI=1S/C11H22N2O/c1-3-5-7-12-9-11(14)13(10-12)8-6-4-2/h3-10H2,1-2H3. The average Bonchev–Trinajstić information content (AvgIpc) is 2.53. The molecule has 0 aliphatic carbocycles. The number of hydrogen-bond donors (Lipinski definition) is 0. The largest absolute Gasteiger partial charge is 0.329 e. The van der Waals surface area contributed by atoms with E-state index < -0.39 is 0 Å². The highest BCUT2D eigenvalue weighted by atomic mass is 16.2. The van der Waals surface area contributed by atoms with Gasteiger partial charge in [-0.05, 0) is 12.8 Å². The molecule has 1 rings (SSSR count). The number of hydrogen-bond acceptors (Lipinski definition) is 2. The molecule has 0 unspecified atom stereocenters. The van der Waals surface area contributed by atoms with Gasteiger partial charge in [0.1, 0.15) is 0 Å². The third kappa shape index (κ3) is 3.29. The molecule has 0 N–H and O–H groups in total. The molecule has 0 radical (unpaired) electrons. The highest BCUT2D eigenvalue weighted by Crippen LogP contribution is 2.08. The van der Waals surface area contributed by atoms with Gasteiger partial charge >= 0.3 is 0 Å². The van der Waals surface area contributed by atoms with Crippen LogP contribution in [0.4, 0.5) is 0 Å². The van der Waals surface area contributed by atoms with Crippen molar-refractivity contribution in [1.29, 1.82) is 0 Å². The second-order valence-electron chi connectivity index (χ2n) is 4.06. The van der Waals surface area contributed by atoms with E-state index >= 15 is 0 Å². The van der Waals surface area contributed by atoms with E-state index in [1.807, 2.05) is 4.90 Å². The lowest BCUT2D eigenvalue weighted by Crippen LogP contribution is -2.28. The van der Waals surface area contributed by atoms with E-state index in [1.54, 1.807) is 0 Å². The Morgan fingerprint density at radius 2 is 1.79 bits per heavy atom. The van der Waals surface area contributed by atoms with Gasteiger partial charge in [-0.2, -0.15) is 0 Å². The third-order valence-corrected chi connectivity index (χ3v) is 2.69. The molecule has 0 spiro atoms. The lowest BCUT2D eigenvalue weighted by molar-refractivity contribution is -0.126. The van der Waals surface area contributed by atoms with Crippen molar-refractivity contribution >= 4 is 5.91 Å². The number of amides is 1. The molecule has 0 saturated carbocycles. The number of carbonyl (C=O) groups is 1. The molecule has 3 heteroatoms. The first-order valence-electron chi connectivity index (χ1n) is 5.78. The van der Waals surface area contributed by atoms with Crippen LogP contribution in [0.1, 0.15) is 39.5 Å². The van der Waals surface area contributed by atoms with Gasteiger partial charge in [0.05, 0.1) is 13.2 Å². The topological polar surface area (TPSA) is 23.6 Å². The average molecular weight is 198 g/mol. The van der Waals surface area contributed by atoms with Crippen LogP contribution in [-0.4, -0.2) is 42.0 Å². The van der Waals surface area contributed by atoms with Gasteiger partial charge in [-0.25, -0.2) is 0 Å². The molecule has 1 amide bonds. The molecule has 0 atom stereocenters. The van der Waals surface area contributed by atoms with Gasteiger partial charge in [0.25, 0.3) is 0 Å². The molecule has 0 aromatic carbocycles. The van der Waals surface area contributed by atoms with Gasteiger partial charge < -0.3 is 4.90 Å². The maximum atomic E-state index is 11.5. The molecule has 0 bridgehead atoms. The normalized spacial score (nSPS) is 18.1. The molecule has 1 aliphatic heterocycles. The Morgan fingerprint density at radius 3 is 2.43 bits per heavy atom. The minimum atomic E-state index is 0.314. The summed E-state index contributed by atoms with van der Waals surface area (Å²) < 4.78 is 0. The van der Waals surface area contributed by atoms with Gasteiger partial charge in [0.15, 0.2) is 0 Å². The second-order valence-corrected chi connectivity index (χ2v) is 4.06. The van der Waals surface area contributed by atoms with Crippen LogP contribution in [0.3, 0.4) is 0 Å². The minimum Gasteiger partial charge on any atom is -0.329 e. The number of carbonyl (C=O) groups excluding carboxylic acids is 1. The lowest BCUT2D eigenvalue weighted by Gasteiger charge is -2.17. The van der Waals surface area contributed by atoms with Crippen LogP contribution in [0.5, 0.6) is 0 Å². The Hall–Kier alpha value is -0.570. The second kappa shape index (κ2) is 6.02. The summed E-state index contributed by atoms with van der Waals surface area (Å²) >= 11 is 0. The Labute approximate surface area is 87.1 Å². The zero-order chi connectivity index (χ0) is 10.4. The summed E-state index contributed by atoms with van der Waals surface area (Å²) in [6, 6.07) is 0. The maximum absolute atomic E-state index is 11.5. The van der Waals surface area contributed by atoms with Crippen LogP contribution in [0.15, 0.2) is 0 Å². The van der Waals surface area contributed by atoms with E-state index in [1.165, 1.54) is 19.3 Å². The fourth-order valence-electron chi connectivity index (χ4n) is 1.74. The van der Waals surface area contributed by atoms with Crippen molar-refractivity contribution < 1.29 is 4.79 Å². The van der Waals surface area contributed by atoms with Gasteiger partial charge in [-0.15, -0.1) is 0 Å². The predicted octanol–water partition coefficient (Wildman–Crippen LogP) is 1.69. The predicted molar refractivity (Wildman–Crippen MR) is 58.0 cm³/mol. The van der Waals surface area contributed by atoms with Crippen LogP contribution in [-0.2, 0) is 4.79 Å². The highest BCUT2D eigenvalue weighted by molar-refractivity contribution is 5.80. The number of nitrogens with zero attached hydrogens (tertiary/aromatic N) is 2. The summed E-state index contributed by atoms with van der Waals surface area (Å²) in [7, 11) is 0. The first-order valence-corrected chi connectivity index (χ1v) is 5.78. The van der Waals surface area contributed by atoms with Crippen molar-refractivity contribution in [2.75, 3.05) is 26.3 Å². The number of rotatable bonds is 6. The lowest BCUT2D eigenvalue weighted by atomic mass is 10.3. The summed E-state index contributed by atoms with van der Waals surface area (Å²) in [5.74, 6) is 0.314. The van der Waals surface area contributed by atoms with Crippen LogP contribution in [0, 0.1) is 0 Å². The Bertz CT molecular complexity index is 182. The van der Waals surface area contributed by atoms with Gasteiger partial charge in [-0.1, -0.05) is 26.7 Å². The van der Waals surface area contributed by atoms with E-state index in [0.29, 0.717) is 12.5 Å². The van der Waals surface area contributed by atoms with Crippen molar-refractivity contribution in [3.05, 3.63) is 0 Å². The first kappa shape index (κ1) is 11.5. The number of unbranched alkanes of at least 4 members (excludes halogenated alkanes) is 2. The molecule has 1 saturated heterocycles. The molecular weight excluding hydrogens is 176 g/mol. The van der Waals surface area contributed by atoms with E-state index in [4.69, 9.17) is 0 Å². The van der Waals surface area contributed by atoms with Crippen molar-refractivity contribution in [2.24, 2.45) is 0 Å². The molecule has 82 valence electrons. The third-order valence-electron chi connectivity index (χ3n) is 2.69. The van der Waals surface area contributed by atoms with Gasteiger partial charge in [0, 0.05) is 13.1 Å². The smallest absolute Gasteiger partial charge is 0.237 e. The van der Waals surface area contributed by atoms with Crippen LogP contribution < -0.4 is 0 Å².